The van der Waals surface area contributed by atoms with Crippen LogP contribution in [-0.4, -0.2) is 17.3 Å². The molecule has 0 unspecified atom stereocenters. The molecule has 1 aliphatic carbocycles. The Labute approximate surface area is 137 Å². The van der Waals surface area contributed by atoms with Crippen LogP contribution in [0.25, 0.3) is 0 Å². The lowest BCUT2D eigenvalue weighted by molar-refractivity contribution is 0.183. The van der Waals surface area contributed by atoms with E-state index in [9.17, 15) is 0 Å². The summed E-state index contributed by atoms with van der Waals surface area (Å²) < 4.78 is 0. The zero-order valence-corrected chi connectivity index (χ0v) is 13.4. The standard InChI is InChI=1S/C21H22N2/c1-2-7-15(8-3-1)17-11-6-12-19-20(17)22-23-14-13-16-9-4-5-10-18(16)21(19)23/h1-5,7-10,17,19,21H,6,11-14H2/t17-,19-,21-/m0/s1. The molecule has 2 heteroatoms. The highest BCUT2D eigenvalue weighted by atomic mass is 15.5. The molecule has 23 heavy (non-hydrogen) atoms. The summed E-state index contributed by atoms with van der Waals surface area (Å²) in [5, 5.41) is 7.53. The Kier molecular flexibility index (Phi) is 3.04. The van der Waals surface area contributed by atoms with Gasteiger partial charge in [0.2, 0.25) is 0 Å². The minimum absolute atomic E-state index is 0.487. The van der Waals surface area contributed by atoms with Gasteiger partial charge >= 0.3 is 0 Å². The van der Waals surface area contributed by atoms with Gasteiger partial charge in [0.15, 0.2) is 0 Å². The van der Waals surface area contributed by atoms with Crippen LogP contribution in [0.15, 0.2) is 59.7 Å². The first kappa shape index (κ1) is 13.4. The molecule has 2 aliphatic heterocycles. The molecule has 2 nitrogen and oxygen atoms in total. The molecule has 0 spiro atoms. The van der Waals surface area contributed by atoms with Crippen molar-refractivity contribution in [2.45, 2.75) is 37.6 Å². The Hall–Kier alpha value is -2.09. The van der Waals surface area contributed by atoms with Crippen LogP contribution in [-0.2, 0) is 6.42 Å². The fourth-order valence-corrected chi connectivity index (χ4v) is 4.85. The van der Waals surface area contributed by atoms with Gasteiger partial charge < -0.3 is 0 Å². The van der Waals surface area contributed by atoms with Crippen LogP contribution in [0.3, 0.4) is 0 Å². The van der Waals surface area contributed by atoms with Crippen molar-refractivity contribution in [2.24, 2.45) is 11.0 Å². The minimum Gasteiger partial charge on any atom is -0.289 e. The smallest absolute Gasteiger partial charge is 0.0803 e. The maximum atomic E-state index is 5.14. The molecule has 5 rings (SSSR count). The zero-order chi connectivity index (χ0) is 15.2. The fourth-order valence-electron chi connectivity index (χ4n) is 4.85. The van der Waals surface area contributed by atoms with Crippen molar-refractivity contribution in [3.8, 4) is 0 Å². The zero-order valence-electron chi connectivity index (χ0n) is 13.4. The van der Waals surface area contributed by atoms with E-state index >= 15 is 0 Å². The normalized spacial score (nSPS) is 28.6. The van der Waals surface area contributed by atoms with E-state index in [-0.39, 0.29) is 0 Å². The summed E-state index contributed by atoms with van der Waals surface area (Å²) in [6.07, 6.45) is 4.99. The SMILES string of the molecule is c1ccc([C@@H]2CCC[C@H]3C2=NN2CCc4ccccc4[C@@H]32)cc1. The van der Waals surface area contributed by atoms with E-state index in [0.717, 1.165) is 13.0 Å². The van der Waals surface area contributed by atoms with Crippen LogP contribution in [0.1, 0.15) is 47.9 Å². The topological polar surface area (TPSA) is 15.6 Å². The van der Waals surface area contributed by atoms with Gasteiger partial charge in [0.25, 0.3) is 0 Å². The van der Waals surface area contributed by atoms with Crippen LogP contribution in [0.4, 0.5) is 0 Å². The monoisotopic (exact) mass is 302 g/mol. The summed E-state index contributed by atoms with van der Waals surface area (Å²) in [6.45, 7) is 1.07. The fraction of sp³-hybridized carbons (Fsp3) is 0.381. The summed E-state index contributed by atoms with van der Waals surface area (Å²) in [5.41, 5.74) is 5.96. The molecule has 1 saturated carbocycles. The van der Waals surface area contributed by atoms with Gasteiger partial charge in [-0.2, -0.15) is 5.10 Å². The number of fused-ring (bicyclic) bond motifs is 5. The van der Waals surface area contributed by atoms with E-state index in [0.29, 0.717) is 17.9 Å². The van der Waals surface area contributed by atoms with Crippen molar-refractivity contribution in [1.29, 1.82) is 0 Å². The first-order valence-corrected chi connectivity index (χ1v) is 8.89. The predicted octanol–water partition coefficient (Wildman–Crippen LogP) is 4.54. The first-order valence-electron chi connectivity index (χ1n) is 8.89. The van der Waals surface area contributed by atoms with Crippen LogP contribution in [0.2, 0.25) is 0 Å². The highest BCUT2D eigenvalue weighted by Gasteiger charge is 2.45. The summed E-state index contributed by atoms with van der Waals surface area (Å²) in [6, 6.07) is 20.5. The van der Waals surface area contributed by atoms with E-state index in [1.807, 2.05) is 0 Å². The lowest BCUT2D eigenvalue weighted by atomic mass is 9.72. The molecule has 3 atom stereocenters. The number of nitrogens with zero attached hydrogens (tertiary/aromatic N) is 2. The maximum absolute atomic E-state index is 5.14. The van der Waals surface area contributed by atoms with E-state index in [2.05, 4.69) is 59.6 Å². The first-order chi connectivity index (χ1) is 11.4. The molecule has 0 saturated heterocycles. The Morgan fingerprint density at radius 2 is 1.74 bits per heavy atom. The van der Waals surface area contributed by atoms with Crippen molar-refractivity contribution in [2.75, 3.05) is 6.54 Å². The second-order valence-corrected chi connectivity index (χ2v) is 7.08. The molecule has 2 aromatic carbocycles. The third-order valence-corrected chi connectivity index (χ3v) is 5.88. The molecule has 0 radical (unpaired) electrons. The van der Waals surface area contributed by atoms with Gasteiger partial charge in [0, 0.05) is 18.4 Å². The summed E-state index contributed by atoms with van der Waals surface area (Å²) in [5.74, 6) is 1.13. The lowest BCUT2D eigenvalue weighted by Crippen LogP contribution is -2.34. The summed E-state index contributed by atoms with van der Waals surface area (Å²) in [7, 11) is 0. The largest absolute Gasteiger partial charge is 0.289 e. The second-order valence-electron chi connectivity index (χ2n) is 7.08. The molecule has 1 fully saturated rings. The molecular weight excluding hydrogens is 280 g/mol. The predicted molar refractivity (Wildman–Crippen MR) is 93.6 cm³/mol. The number of hydrogen-bond donors (Lipinski definition) is 0. The Morgan fingerprint density at radius 1 is 0.913 bits per heavy atom. The summed E-state index contributed by atoms with van der Waals surface area (Å²) in [4.78, 5) is 0. The number of hydrogen-bond acceptors (Lipinski definition) is 2. The van der Waals surface area contributed by atoms with E-state index < -0.39 is 0 Å². The average Bonchev–Trinajstić information content (AvgIpc) is 3.01. The highest BCUT2D eigenvalue weighted by molar-refractivity contribution is 5.95. The van der Waals surface area contributed by atoms with Crippen molar-refractivity contribution in [3.63, 3.8) is 0 Å². The van der Waals surface area contributed by atoms with Gasteiger partial charge in [-0.15, -0.1) is 0 Å². The van der Waals surface area contributed by atoms with Crippen LogP contribution >= 0.6 is 0 Å². The van der Waals surface area contributed by atoms with Gasteiger partial charge in [0.1, 0.15) is 0 Å². The third-order valence-electron chi connectivity index (χ3n) is 5.88. The van der Waals surface area contributed by atoms with E-state index in [1.54, 1.807) is 0 Å². The quantitative estimate of drug-likeness (QED) is 0.755. The molecule has 0 aromatic heterocycles. The van der Waals surface area contributed by atoms with E-state index in [4.69, 9.17) is 5.10 Å². The molecule has 0 N–H and O–H groups in total. The van der Waals surface area contributed by atoms with Gasteiger partial charge in [-0.05, 0) is 36.0 Å². The number of hydrazone groups is 1. The van der Waals surface area contributed by atoms with Gasteiger partial charge in [0.05, 0.1) is 11.8 Å². The van der Waals surface area contributed by atoms with Crippen molar-refractivity contribution >= 4 is 5.71 Å². The second kappa shape index (κ2) is 5.23. The number of rotatable bonds is 1. The maximum Gasteiger partial charge on any atom is 0.0803 e. The molecule has 116 valence electrons. The minimum atomic E-state index is 0.487. The van der Waals surface area contributed by atoms with Crippen LogP contribution < -0.4 is 0 Å². The Balaban J connectivity index is 1.55. The Morgan fingerprint density at radius 3 is 2.65 bits per heavy atom. The van der Waals surface area contributed by atoms with Crippen molar-refractivity contribution < 1.29 is 0 Å². The molecular formula is C21H22N2. The van der Waals surface area contributed by atoms with Crippen molar-refractivity contribution in [1.82, 2.24) is 5.01 Å². The van der Waals surface area contributed by atoms with Crippen LogP contribution in [0.5, 0.6) is 0 Å². The lowest BCUT2D eigenvalue weighted by Gasteiger charge is -2.36. The third kappa shape index (κ3) is 2.04. The molecule has 3 aliphatic rings. The van der Waals surface area contributed by atoms with Gasteiger partial charge in [-0.1, -0.05) is 61.0 Å². The Bertz CT molecular complexity index is 749. The molecule has 0 bridgehead atoms. The number of benzene rings is 2. The van der Waals surface area contributed by atoms with Gasteiger partial charge in [-0.3, -0.25) is 5.01 Å². The molecule has 2 aromatic rings. The van der Waals surface area contributed by atoms with E-state index in [1.165, 1.54) is 41.7 Å². The highest BCUT2D eigenvalue weighted by Crippen LogP contribution is 2.48. The molecule has 2 heterocycles. The summed E-state index contributed by atoms with van der Waals surface area (Å²) >= 11 is 0. The molecule has 0 amide bonds. The average molecular weight is 302 g/mol. The van der Waals surface area contributed by atoms with Crippen LogP contribution in [0, 0.1) is 5.92 Å². The van der Waals surface area contributed by atoms with Gasteiger partial charge in [-0.25, -0.2) is 0 Å². The van der Waals surface area contributed by atoms with Crippen molar-refractivity contribution in [3.05, 3.63) is 71.3 Å².